The number of aryl methyl sites for hydroxylation is 1. The molecular weight excluding hydrogens is 631 g/mol. The van der Waals surface area contributed by atoms with Crippen LogP contribution in [0.5, 0.6) is 5.75 Å². The molecule has 4 aromatic rings. The van der Waals surface area contributed by atoms with Gasteiger partial charge in [0.25, 0.3) is 10.0 Å². The molecule has 4 rings (SSSR count). The average molecular weight is 674 g/mol. The van der Waals surface area contributed by atoms with Crippen molar-refractivity contribution in [3.05, 3.63) is 120 Å². The zero-order chi connectivity index (χ0) is 33.8. The number of nitrogens with zero attached hydrogens (tertiary/aromatic N) is 2. The number of rotatable bonds is 16. The minimum atomic E-state index is -4.25. The van der Waals surface area contributed by atoms with Crippen LogP contribution >= 0.6 is 11.8 Å². The lowest BCUT2D eigenvalue weighted by Gasteiger charge is -2.34. The maximum atomic E-state index is 14.7. The number of carbonyl (C=O) groups is 2. The molecule has 0 unspecified atom stereocenters. The summed E-state index contributed by atoms with van der Waals surface area (Å²) in [4.78, 5) is 31.0. The lowest BCUT2D eigenvalue weighted by Crippen LogP contribution is -2.53. The van der Waals surface area contributed by atoms with E-state index in [-0.39, 0.29) is 29.5 Å². The van der Waals surface area contributed by atoms with Gasteiger partial charge in [0.1, 0.15) is 18.3 Å². The standard InChI is InChI=1S/C37H43N3O5S2/c1-5-24-38-37(42)34(25-29-15-8-7-9-16-29)39(26-30-17-11-10-14-28(30)3)36(41)27-40(33-18-12-13-19-35(33)45-6-2)47(43,44)32-22-20-31(46-4)21-23-32/h7-23,34H,5-6,24-27H2,1-4H3,(H,38,42)/t34-/m0/s1. The van der Waals surface area contributed by atoms with Crippen LogP contribution in [0.25, 0.3) is 0 Å². The first-order chi connectivity index (χ1) is 22.7. The fourth-order valence-electron chi connectivity index (χ4n) is 5.22. The molecule has 1 N–H and O–H groups in total. The van der Waals surface area contributed by atoms with Crippen LogP contribution in [0.3, 0.4) is 0 Å². The van der Waals surface area contributed by atoms with Crippen LogP contribution in [0.2, 0.25) is 0 Å². The summed E-state index contributed by atoms with van der Waals surface area (Å²) in [5.74, 6) is -0.482. The highest BCUT2D eigenvalue weighted by Crippen LogP contribution is 2.33. The number of hydrogen-bond donors (Lipinski definition) is 1. The number of thioether (sulfide) groups is 1. The van der Waals surface area contributed by atoms with Crippen LogP contribution in [-0.4, -0.2) is 57.1 Å². The van der Waals surface area contributed by atoms with Crippen molar-refractivity contribution in [3.63, 3.8) is 0 Å². The van der Waals surface area contributed by atoms with Gasteiger partial charge in [-0.05, 0) is 79.6 Å². The van der Waals surface area contributed by atoms with Crippen molar-refractivity contribution < 1.29 is 22.7 Å². The van der Waals surface area contributed by atoms with Crippen molar-refractivity contribution in [2.45, 2.75) is 56.0 Å². The van der Waals surface area contributed by atoms with Crippen molar-refractivity contribution >= 4 is 39.3 Å². The van der Waals surface area contributed by atoms with E-state index in [9.17, 15) is 18.0 Å². The topological polar surface area (TPSA) is 96.0 Å². The molecule has 0 radical (unpaired) electrons. The Bertz CT molecular complexity index is 1730. The lowest BCUT2D eigenvalue weighted by atomic mass is 10.0. The maximum Gasteiger partial charge on any atom is 0.264 e. The smallest absolute Gasteiger partial charge is 0.264 e. The van der Waals surface area contributed by atoms with Crippen LogP contribution < -0.4 is 14.4 Å². The molecule has 0 aromatic heterocycles. The molecule has 8 nitrogen and oxygen atoms in total. The average Bonchev–Trinajstić information content (AvgIpc) is 3.09. The number of para-hydroxylation sites is 2. The molecule has 0 spiro atoms. The molecule has 0 aliphatic carbocycles. The number of hydrogen-bond acceptors (Lipinski definition) is 6. The summed E-state index contributed by atoms with van der Waals surface area (Å²) in [6.07, 6.45) is 2.90. The Morgan fingerprint density at radius 2 is 1.53 bits per heavy atom. The van der Waals surface area contributed by atoms with Gasteiger partial charge in [-0.1, -0.05) is 73.7 Å². The summed E-state index contributed by atoms with van der Waals surface area (Å²) >= 11 is 1.50. The second-order valence-corrected chi connectivity index (χ2v) is 13.8. The Labute approximate surface area is 283 Å². The molecule has 4 aromatic carbocycles. The zero-order valence-corrected chi connectivity index (χ0v) is 29.0. The van der Waals surface area contributed by atoms with E-state index in [1.54, 1.807) is 48.5 Å². The van der Waals surface area contributed by atoms with E-state index >= 15 is 0 Å². The summed E-state index contributed by atoms with van der Waals surface area (Å²) in [6.45, 7) is 6.06. The highest BCUT2D eigenvalue weighted by Gasteiger charge is 2.35. The molecule has 1 atom stereocenters. The zero-order valence-electron chi connectivity index (χ0n) is 27.4. The Hall–Kier alpha value is -4.28. The fourth-order valence-corrected chi connectivity index (χ4v) is 7.05. The minimum absolute atomic E-state index is 0.0429. The van der Waals surface area contributed by atoms with E-state index < -0.39 is 28.5 Å². The van der Waals surface area contributed by atoms with Gasteiger partial charge >= 0.3 is 0 Å². The lowest BCUT2D eigenvalue weighted by molar-refractivity contribution is -0.140. The van der Waals surface area contributed by atoms with Gasteiger partial charge in [-0.3, -0.25) is 13.9 Å². The number of sulfonamides is 1. The van der Waals surface area contributed by atoms with E-state index in [0.717, 1.165) is 32.3 Å². The van der Waals surface area contributed by atoms with Gasteiger partial charge in [0.05, 0.1) is 17.2 Å². The summed E-state index contributed by atoms with van der Waals surface area (Å²) in [7, 11) is -4.25. The van der Waals surface area contributed by atoms with Gasteiger partial charge in [0.2, 0.25) is 11.8 Å². The molecule has 0 fully saturated rings. The molecule has 0 saturated carbocycles. The van der Waals surface area contributed by atoms with Gasteiger partial charge in [0.15, 0.2) is 0 Å². The molecular formula is C37H43N3O5S2. The van der Waals surface area contributed by atoms with E-state index in [0.29, 0.717) is 18.9 Å². The number of nitrogens with one attached hydrogen (secondary N) is 1. The van der Waals surface area contributed by atoms with Crippen LogP contribution in [0.1, 0.15) is 37.0 Å². The van der Waals surface area contributed by atoms with E-state index in [2.05, 4.69) is 5.32 Å². The first kappa shape index (κ1) is 35.6. The molecule has 0 saturated heterocycles. The molecule has 47 heavy (non-hydrogen) atoms. The van der Waals surface area contributed by atoms with Crippen LogP contribution in [0.4, 0.5) is 5.69 Å². The van der Waals surface area contributed by atoms with E-state index in [1.807, 2.05) is 81.6 Å². The highest BCUT2D eigenvalue weighted by atomic mass is 32.2. The van der Waals surface area contributed by atoms with Crippen LogP contribution in [0.15, 0.2) is 113 Å². The third-order valence-corrected chi connectivity index (χ3v) is 10.3. The van der Waals surface area contributed by atoms with Crippen LogP contribution in [-0.2, 0) is 32.6 Å². The molecule has 0 heterocycles. The van der Waals surface area contributed by atoms with Crippen molar-refractivity contribution in [2.24, 2.45) is 0 Å². The second kappa shape index (κ2) is 17.0. The van der Waals surface area contributed by atoms with Gasteiger partial charge in [-0.25, -0.2) is 8.42 Å². The normalized spacial score (nSPS) is 11.8. The van der Waals surface area contributed by atoms with E-state index in [1.165, 1.54) is 16.7 Å². The molecule has 0 bridgehead atoms. The number of anilines is 1. The quantitative estimate of drug-likeness (QED) is 0.137. The van der Waals surface area contributed by atoms with Gasteiger partial charge < -0.3 is 15.0 Å². The Kier molecular flexibility index (Phi) is 12.9. The first-order valence-corrected chi connectivity index (χ1v) is 18.4. The number of benzene rings is 4. The van der Waals surface area contributed by atoms with Crippen molar-refractivity contribution in [1.29, 1.82) is 0 Å². The largest absolute Gasteiger partial charge is 0.492 e. The number of carbonyl (C=O) groups excluding carboxylic acids is 2. The molecule has 10 heteroatoms. The summed E-state index contributed by atoms with van der Waals surface area (Å²) in [5, 5.41) is 2.98. The fraction of sp³-hybridized carbons (Fsp3) is 0.297. The van der Waals surface area contributed by atoms with Crippen LogP contribution in [0, 0.1) is 6.92 Å². The second-order valence-electron chi connectivity index (χ2n) is 11.0. The van der Waals surface area contributed by atoms with Gasteiger partial charge in [-0.2, -0.15) is 0 Å². The number of amides is 2. The summed E-state index contributed by atoms with van der Waals surface area (Å²) in [6, 6.07) is 29.7. The van der Waals surface area contributed by atoms with Gasteiger partial charge in [0, 0.05) is 24.4 Å². The third-order valence-electron chi connectivity index (χ3n) is 7.78. The maximum absolute atomic E-state index is 14.7. The molecule has 0 aliphatic heterocycles. The SMILES string of the molecule is CCCNC(=O)[C@H](Cc1ccccc1)N(Cc1ccccc1C)C(=O)CN(c1ccccc1OCC)S(=O)(=O)c1ccc(SC)cc1. The summed E-state index contributed by atoms with van der Waals surface area (Å²) in [5.41, 5.74) is 2.94. The van der Waals surface area contributed by atoms with Crippen molar-refractivity contribution in [1.82, 2.24) is 10.2 Å². The van der Waals surface area contributed by atoms with E-state index in [4.69, 9.17) is 4.74 Å². The summed E-state index contributed by atoms with van der Waals surface area (Å²) < 4.78 is 35.8. The molecule has 2 amide bonds. The van der Waals surface area contributed by atoms with Crippen molar-refractivity contribution in [3.8, 4) is 5.75 Å². The predicted molar refractivity (Wildman–Crippen MR) is 189 cm³/mol. The van der Waals surface area contributed by atoms with Crippen molar-refractivity contribution in [2.75, 3.05) is 30.3 Å². The third kappa shape index (κ3) is 9.17. The number of ether oxygens (including phenoxy) is 1. The first-order valence-electron chi connectivity index (χ1n) is 15.7. The monoisotopic (exact) mass is 673 g/mol. The molecule has 0 aliphatic rings. The Morgan fingerprint density at radius 3 is 2.19 bits per heavy atom. The Balaban J connectivity index is 1.84. The Morgan fingerprint density at radius 1 is 0.872 bits per heavy atom. The predicted octanol–water partition coefficient (Wildman–Crippen LogP) is 6.48. The molecule has 248 valence electrons. The minimum Gasteiger partial charge on any atom is -0.492 e. The van der Waals surface area contributed by atoms with Gasteiger partial charge in [-0.15, -0.1) is 11.8 Å². The highest BCUT2D eigenvalue weighted by molar-refractivity contribution is 7.98.